The largest absolute Gasteiger partial charge is 0.383 e. The second-order valence-electron chi connectivity index (χ2n) is 17.5. The predicted molar refractivity (Wildman–Crippen MR) is 246 cm³/mol. The molecule has 0 heterocycles. The van der Waals surface area contributed by atoms with Crippen molar-refractivity contribution >= 4 is 40.2 Å². The molecule has 0 fully saturated rings. The van der Waals surface area contributed by atoms with Crippen molar-refractivity contribution in [2.75, 3.05) is 42.4 Å². The van der Waals surface area contributed by atoms with E-state index in [2.05, 4.69) is 0 Å². The highest BCUT2D eigenvalue weighted by atomic mass is 16.7. The fourth-order valence-electron chi connectivity index (χ4n) is 5.75. The lowest BCUT2D eigenvalue weighted by Gasteiger charge is -2.19. The number of hydrogen-bond donors (Lipinski definition) is 0. The van der Waals surface area contributed by atoms with Crippen LogP contribution in [0.4, 0.5) is 34.1 Å². The molecule has 3 aromatic rings. The highest BCUT2D eigenvalue weighted by Gasteiger charge is 2.32. The maximum Gasteiger partial charge on any atom is 0.283 e. The third-order valence-electron chi connectivity index (χ3n) is 8.83. The van der Waals surface area contributed by atoms with Crippen molar-refractivity contribution in [1.29, 1.82) is 0 Å². The first-order valence-electron chi connectivity index (χ1n) is 19.0. The van der Waals surface area contributed by atoms with E-state index in [0.29, 0.717) is 27.8 Å². The summed E-state index contributed by atoms with van der Waals surface area (Å²) in [4.78, 5) is 65.8. The fourth-order valence-corrected chi connectivity index (χ4v) is 5.75. The summed E-state index contributed by atoms with van der Waals surface area (Å²) in [7, 11) is 10.6. The Bertz CT molecular complexity index is 2160. The molecule has 356 valence electrons. The lowest BCUT2D eigenvalue weighted by atomic mass is 9.84. The van der Waals surface area contributed by atoms with Crippen molar-refractivity contribution in [2.45, 2.75) is 106 Å². The Morgan fingerprint density at radius 3 is 1.20 bits per heavy atom. The van der Waals surface area contributed by atoms with Crippen molar-refractivity contribution in [3.05, 3.63) is 137 Å². The average molecular weight is 905 g/mol. The van der Waals surface area contributed by atoms with E-state index in [1.807, 2.05) is 81.3 Å². The minimum absolute atomic E-state index is 0. The number of nitro benzene ring substituents is 6. The average Bonchev–Trinajstić information content (AvgIpc) is 3.12. The van der Waals surface area contributed by atoms with Crippen LogP contribution in [0.25, 0.3) is 6.08 Å². The molecule has 64 heavy (non-hydrogen) atoms. The molecule has 3 aromatic carbocycles. The van der Waals surface area contributed by atoms with Crippen LogP contribution in [0.2, 0.25) is 0 Å². The number of methoxy groups -OCH3 is 2. The van der Waals surface area contributed by atoms with E-state index in [1.165, 1.54) is 31.2 Å². The van der Waals surface area contributed by atoms with Crippen LogP contribution in [0.5, 0.6) is 0 Å². The first-order valence-corrected chi connectivity index (χ1v) is 19.0. The van der Waals surface area contributed by atoms with E-state index < -0.39 is 45.8 Å². The maximum absolute atomic E-state index is 11.2. The molecule has 0 saturated carbocycles. The summed E-state index contributed by atoms with van der Waals surface area (Å²) in [6, 6.07) is 7.91. The fraction of sp³-hybridized carbons (Fsp3) is 0.524. The Balaban J connectivity index is 0. The van der Waals surface area contributed by atoms with Crippen LogP contribution in [-0.4, -0.2) is 88.2 Å². The second kappa shape index (κ2) is 24.4. The van der Waals surface area contributed by atoms with Crippen LogP contribution < -0.4 is 0 Å². The molecular formula is C42H64N8O14. The number of nitro groups is 6. The van der Waals surface area contributed by atoms with Gasteiger partial charge in [-0.25, -0.2) is 0 Å². The van der Waals surface area contributed by atoms with Crippen LogP contribution in [0.15, 0.2) is 42.6 Å². The molecule has 3 rings (SSSR count). The molecule has 0 spiro atoms. The second-order valence-corrected chi connectivity index (χ2v) is 17.5. The third-order valence-corrected chi connectivity index (χ3v) is 8.83. The van der Waals surface area contributed by atoms with Gasteiger partial charge in [0.25, 0.3) is 34.1 Å². The third kappa shape index (κ3) is 17.3. The highest BCUT2D eigenvalue weighted by Crippen LogP contribution is 2.39. The first-order chi connectivity index (χ1) is 28.6. The minimum atomic E-state index is -0.602. The summed E-state index contributed by atoms with van der Waals surface area (Å²) in [5, 5.41) is 65.8. The number of hydrogen-bond acceptors (Lipinski definition) is 16. The molecule has 22 nitrogen and oxygen atoms in total. The van der Waals surface area contributed by atoms with Gasteiger partial charge in [0.1, 0.15) is 5.56 Å². The van der Waals surface area contributed by atoms with Crippen LogP contribution in [0, 0.1) is 74.5 Å². The standard InChI is InChI=1S/C14H19N3O4.2C11H14N2O4.C5H13NO2.CH4/c1-14(2,3)11-8-10(6-7-15(4)5)12(16(18)19)9-13(11)17(20)21;1-7-5-8(11(2,3)4)10(13(16)17)6-9(7)12(14)15;1-7-9(12(14)15)6-5-8(11(2,3)4)10(7)13(16)17;1-6(2)5(7-3)8-4;/h6-9H,1-5H3;2*5-6H,1-4H3;5H,1-4H3;1H4/b7-6+;;;;. The predicted octanol–water partition coefficient (Wildman–Crippen LogP) is 10.3. The molecule has 0 aliphatic rings. The molecule has 0 aromatic heterocycles. The molecule has 0 N–H and O–H groups in total. The molecule has 0 atom stereocenters. The Morgan fingerprint density at radius 1 is 0.531 bits per heavy atom. The molecule has 0 radical (unpaired) electrons. The summed E-state index contributed by atoms with van der Waals surface area (Å²) in [6.45, 7) is 19.5. The molecule has 22 heteroatoms. The van der Waals surface area contributed by atoms with Crippen molar-refractivity contribution < 1.29 is 39.0 Å². The number of nitrogens with zero attached hydrogens (tertiary/aromatic N) is 8. The van der Waals surface area contributed by atoms with Crippen molar-refractivity contribution in [3.8, 4) is 0 Å². The highest BCUT2D eigenvalue weighted by molar-refractivity contribution is 5.67. The summed E-state index contributed by atoms with van der Waals surface area (Å²) in [5.41, 5.74) is -0.266. The maximum atomic E-state index is 11.2. The van der Waals surface area contributed by atoms with Gasteiger partial charge in [-0.05, 0) is 74.7 Å². The van der Waals surface area contributed by atoms with E-state index in [-0.39, 0.29) is 53.5 Å². The minimum Gasteiger partial charge on any atom is -0.383 e. The van der Waals surface area contributed by atoms with Crippen molar-refractivity contribution in [2.24, 2.45) is 0 Å². The lowest BCUT2D eigenvalue weighted by Crippen LogP contribution is -2.30. The SMILES string of the molecule is C.CN(C)/C=C/c1cc(C(C)(C)C)c([N+](=O)[O-])cc1[N+](=O)[O-].COC(OC)N(C)C.Cc1c([N+](=O)[O-])ccc(C(C)(C)C)c1[N+](=O)[O-].Cc1cc(C(C)(C)C)c([N+](=O)[O-])cc1[N+](=O)[O-]. The van der Waals surface area contributed by atoms with Gasteiger partial charge in [0.2, 0.25) is 6.41 Å². The smallest absolute Gasteiger partial charge is 0.283 e. The van der Waals surface area contributed by atoms with E-state index in [9.17, 15) is 60.7 Å². The van der Waals surface area contributed by atoms with Gasteiger partial charge < -0.3 is 14.4 Å². The zero-order valence-electron chi connectivity index (χ0n) is 39.0. The Hall–Kier alpha value is -6.52. The number of aryl methyl sites for hydroxylation is 1. The van der Waals surface area contributed by atoms with Crippen LogP contribution in [0.3, 0.4) is 0 Å². The first kappa shape index (κ1) is 59.6. The van der Waals surface area contributed by atoms with Crippen LogP contribution in [0.1, 0.15) is 103 Å². The Labute approximate surface area is 373 Å². The summed E-state index contributed by atoms with van der Waals surface area (Å²) < 4.78 is 9.73. The number of ether oxygens (including phenoxy) is 2. The number of rotatable bonds is 11. The van der Waals surface area contributed by atoms with Gasteiger partial charge in [-0.3, -0.25) is 65.6 Å². The monoisotopic (exact) mass is 904 g/mol. The topological polar surface area (TPSA) is 284 Å². The zero-order chi connectivity index (χ0) is 49.7. The van der Waals surface area contributed by atoms with Gasteiger partial charge >= 0.3 is 0 Å². The summed E-state index contributed by atoms with van der Waals surface area (Å²) in [5.74, 6) is 0. The molecule has 0 aliphatic carbocycles. The molecule has 0 aliphatic heterocycles. The van der Waals surface area contributed by atoms with Gasteiger partial charge in [-0.2, -0.15) is 0 Å². The van der Waals surface area contributed by atoms with Crippen molar-refractivity contribution in [3.63, 3.8) is 0 Å². The van der Waals surface area contributed by atoms with E-state index in [1.54, 1.807) is 52.4 Å². The van der Waals surface area contributed by atoms with Crippen LogP contribution >= 0.6 is 0 Å². The van der Waals surface area contributed by atoms with Crippen LogP contribution in [-0.2, 0) is 25.7 Å². The molecule has 0 saturated heterocycles. The lowest BCUT2D eigenvalue weighted by molar-refractivity contribution is -0.396. The molecule has 0 unspecified atom stereocenters. The van der Waals surface area contributed by atoms with Gasteiger partial charge in [0.15, 0.2) is 0 Å². The zero-order valence-corrected chi connectivity index (χ0v) is 39.0. The van der Waals surface area contributed by atoms with Crippen molar-refractivity contribution in [1.82, 2.24) is 9.80 Å². The Kier molecular flexibility index (Phi) is 22.7. The quantitative estimate of drug-likeness (QED) is 0.0981. The number of benzene rings is 3. The normalized spacial score (nSPS) is 11.2. The molecule has 0 bridgehead atoms. The summed E-state index contributed by atoms with van der Waals surface area (Å²) >= 11 is 0. The van der Waals surface area contributed by atoms with Gasteiger partial charge in [0.05, 0.1) is 47.2 Å². The summed E-state index contributed by atoms with van der Waals surface area (Å²) in [6.07, 6.45) is 3.03. The Morgan fingerprint density at radius 2 is 0.906 bits per heavy atom. The van der Waals surface area contributed by atoms with Gasteiger partial charge in [0, 0.05) is 56.6 Å². The van der Waals surface area contributed by atoms with E-state index in [0.717, 1.165) is 12.1 Å². The van der Waals surface area contributed by atoms with E-state index in [4.69, 9.17) is 9.47 Å². The molecular weight excluding hydrogens is 841 g/mol. The van der Waals surface area contributed by atoms with Gasteiger partial charge in [-0.1, -0.05) is 69.7 Å². The van der Waals surface area contributed by atoms with Gasteiger partial charge in [-0.15, -0.1) is 0 Å². The van der Waals surface area contributed by atoms with E-state index >= 15 is 0 Å². The molecule has 0 amide bonds.